The van der Waals surface area contributed by atoms with Crippen LogP contribution in [0.15, 0.2) is 97.1 Å². The van der Waals surface area contributed by atoms with Gasteiger partial charge in [-0.3, -0.25) is 4.90 Å². The fourth-order valence-corrected chi connectivity index (χ4v) is 4.37. The zero-order valence-electron chi connectivity index (χ0n) is 21.7. The maximum Gasteiger partial charge on any atom is 0.0433 e. The van der Waals surface area contributed by atoms with Crippen LogP contribution < -0.4 is 4.90 Å². The van der Waals surface area contributed by atoms with Crippen LogP contribution in [0.2, 0.25) is 0 Å². The molecule has 0 atom stereocenters. The van der Waals surface area contributed by atoms with Gasteiger partial charge >= 0.3 is 0 Å². The lowest BCUT2D eigenvalue weighted by atomic mass is 10.1. The van der Waals surface area contributed by atoms with E-state index in [4.69, 9.17) is 0 Å². The van der Waals surface area contributed by atoms with Crippen molar-refractivity contribution in [1.29, 1.82) is 0 Å². The molecule has 0 heterocycles. The van der Waals surface area contributed by atoms with Crippen molar-refractivity contribution in [2.24, 2.45) is 0 Å². The van der Waals surface area contributed by atoms with E-state index in [-0.39, 0.29) is 0 Å². The van der Waals surface area contributed by atoms with Crippen LogP contribution in [-0.4, -0.2) is 11.4 Å². The van der Waals surface area contributed by atoms with Crippen molar-refractivity contribution in [3.05, 3.63) is 136 Å². The van der Waals surface area contributed by atoms with Crippen LogP contribution >= 0.6 is 0 Å². The third kappa shape index (κ3) is 7.31. The zero-order valence-corrected chi connectivity index (χ0v) is 21.7. The first-order valence-corrected chi connectivity index (χ1v) is 12.7. The number of hydrogen-bond donors (Lipinski definition) is 0. The third-order valence-corrected chi connectivity index (χ3v) is 6.67. The van der Waals surface area contributed by atoms with Crippen molar-refractivity contribution < 1.29 is 0 Å². The van der Waals surface area contributed by atoms with Crippen molar-refractivity contribution in [2.45, 2.75) is 53.9 Å². The quantitative estimate of drug-likeness (QED) is 0.237. The van der Waals surface area contributed by atoms with Crippen LogP contribution in [-0.2, 0) is 26.2 Å². The zero-order chi connectivity index (χ0) is 24.6. The van der Waals surface area contributed by atoms with Crippen LogP contribution in [0, 0.1) is 20.8 Å². The van der Waals surface area contributed by atoms with E-state index in [1.54, 1.807) is 0 Å². The molecule has 0 fully saturated rings. The third-order valence-electron chi connectivity index (χ3n) is 6.67. The molecule has 2 heteroatoms. The van der Waals surface area contributed by atoms with Crippen LogP contribution in [0.3, 0.4) is 0 Å². The first-order chi connectivity index (χ1) is 17.0. The predicted octanol–water partition coefficient (Wildman–Crippen LogP) is 7.84. The van der Waals surface area contributed by atoms with E-state index >= 15 is 0 Å². The summed E-state index contributed by atoms with van der Waals surface area (Å²) in [6, 6.07) is 35.9. The Hall–Kier alpha value is -3.36. The molecule has 0 saturated heterocycles. The summed E-state index contributed by atoms with van der Waals surface area (Å²) >= 11 is 0. The molecule has 35 heavy (non-hydrogen) atoms. The molecular weight excluding hydrogens is 424 g/mol. The lowest BCUT2D eigenvalue weighted by Gasteiger charge is -2.26. The van der Waals surface area contributed by atoms with Crippen LogP contribution in [0.1, 0.15) is 45.9 Å². The van der Waals surface area contributed by atoms with E-state index in [1.807, 2.05) is 0 Å². The number of hydrogen-bond acceptors (Lipinski definition) is 2. The molecule has 0 aliphatic heterocycles. The van der Waals surface area contributed by atoms with Gasteiger partial charge in [0.1, 0.15) is 0 Å². The van der Waals surface area contributed by atoms with Crippen molar-refractivity contribution in [3.8, 4) is 0 Å². The van der Waals surface area contributed by atoms with Crippen molar-refractivity contribution in [2.75, 3.05) is 11.4 Å². The van der Waals surface area contributed by atoms with Crippen LogP contribution in [0.5, 0.6) is 0 Å². The van der Waals surface area contributed by atoms with Gasteiger partial charge in [0.25, 0.3) is 0 Å². The van der Waals surface area contributed by atoms with E-state index < -0.39 is 0 Å². The Morgan fingerprint density at radius 1 is 0.429 bits per heavy atom. The van der Waals surface area contributed by atoms with Gasteiger partial charge in [0.05, 0.1) is 0 Å². The van der Waals surface area contributed by atoms with Gasteiger partial charge in [-0.15, -0.1) is 0 Å². The minimum absolute atomic E-state index is 0.887. The Morgan fingerprint density at radius 2 is 0.743 bits per heavy atom. The molecule has 0 saturated carbocycles. The molecule has 0 N–H and O–H groups in total. The van der Waals surface area contributed by atoms with Crippen LogP contribution in [0.4, 0.5) is 5.69 Å². The second kappa shape index (κ2) is 11.9. The lowest BCUT2D eigenvalue weighted by molar-refractivity contribution is 0.271. The summed E-state index contributed by atoms with van der Waals surface area (Å²) in [6.07, 6.45) is 0. The van der Waals surface area contributed by atoms with Gasteiger partial charge in [0.2, 0.25) is 0 Å². The Morgan fingerprint density at radius 3 is 1.11 bits per heavy atom. The van der Waals surface area contributed by atoms with E-state index in [0.717, 1.165) is 32.7 Å². The summed E-state index contributed by atoms with van der Waals surface area (Å²) in [7, 11) is 0. The van der Waals surface area contributed by atoms with Crippen molar-refractivity contribution in [3.63, 3.8) is 0 Å². The molecule has 0 radical (unpaired) electrons. The summed E-state index contributed by atoms with van der Waals surface area (Å²) in [4.78, 5) is 4.96. The summed E-state index contributed by atoms with van der Waals surface area (Å²) in [5, 5.41) is 0. The van der Waals surface area contributed by atoms with E-state index in [1.165, 1.54) is 44.6 Å². The maximum atomic E-state index is 2.50. The number of nitrogens with zero attached hydrogens (tertiary/aromatic N) is 2. The Labute approximate surface area is 211 Å². The van der Waals surface area contributed by atoms with Gasteiger partial charge < -0.3 is 4.90 Å². The van der Waals surface area contributed by atoms with Crippen molar-refractivity contribution in [1.82, 2.24) is 4.90 Å². The topological polar surface area (TPSA) is 6.48 Å². The van der Waals surface area contributed by atoms with E-state index in [0.29, 0.717) is 0 Å². The normalized spacial score (nSPS) is 11.1. The monoisotopic (exact) mass is 462 g/mol. The predicted molar refractivity (Wildman–Crippen MR) is 150 cm³/mol. The molecule has 4 rings (SSSR count). The molecule has 4 aromatic carbocycles. The smallest absolute Gasteiger partial charge is 0.0433 e. The minimum Gasteiger partial charge on any atom is -0.363 e. The number of benzene rings is 4. The highest BCUT2D eigenvalue weighted by Crippen LogP contribution is 2.22. The van der Waals surface area contributed by atoms with Gasteiger partial charge in [0.15, 0.2) is 0 Å². The highest BCUT2D eigenvalue weighted by molar-refractivity contribution is 5.49. The molecule has 180 valence electrons. The molecule has 0 spiro atoms. The van der Waals surface area contributed by atoms with Crippen LogP contribution in [0.25, 0.3) is 0 Å². The minimum atomic E-state index is 0.887. The molecule has 2 nitrogen and oxygen atoms in total. The molecule has 0 aliphatic carbocycles. The van der Waals surface area contributed by atoms with E-state index in [2.05, 4.69) is 135 Å². The fourth-order valence-electron chi connectivity index (χ4n) is 4.37. The number of aryl methyl sites for hydroxylation is 3. The largest absolute Gasteiger partial charge is 0.363 e. The maximum absolute atomic E-state index is 2.50. The highest BCUT2D eigenvalue weighted by atomic mass is 15.1. The molecular formula is C33H38N2. The molecule has 0 amide bonds. The van der Waals surface area contributed by atoms with Gasteiger partial charge in [-0.1, -0.05) is 109 Å². The fraction of sp³-hybridized carbons (Fsp3) is 0.273. The number of anilines is 1. The van der Waals surface area contributed by atoms with E-state index in [9.17, 15) is 0 Å². The lowest BCUT2D eigenvalue weighted by Crippen LogP contribution is -2.23. The number of rotatable bonds is 10. The molecule has 0 unspecified atom stereocenters. The molecule has 0 aliphatic rings. The Bertz CT molecular complexity index is 1170. The van der Waals surface area contributed by atoms with Gasteiger partial charge in [0, 0.05) is 31.9 Å². The summed E-state index contributed by atoms with van der Waals surface area (Å²) < 4.78 is 0. The average Bonchev–Trinajstić information content (AvgIpc) is 2.87. The highest BCUT2D eigenvalue weighted by Gasteiger charge is 2.10. The SMILES string of the molecule is CCN(Cc1ccc(C)cc1)Cc1ccc(CN(Cc2ccc(C)cc2)c2ccc(C)cc2)cc1. The average molecular weight is 463 g/mol. The standard InChI is InChI=1S/C33H38N2/c1-5-34(22-29-12-6-26(2)7-13-29)23-30-16-18-32(19-17-30)25-35(33-20-10-28(4)11-21-33)24-31-14-8-27(3)9-15-31/h6-21H,5,22-25H2,1-4H3. The molecule has 0 bridgehead atoms. The molecule has 4 aromatic rings. The summed E-state index contributed by atoms with van der Waals surface area (Å²) in [5.74, 6) is 0. The van der Waals surface area contributed by atoms with Gasteiger partial charge in [-0.25, -0.2) is 0 Å². The van der Waals surface area contributed by atoms with Crippen molar-refractivity contribution >= 4 is 5.69 Å². The Kier molecular flexibility index (Phi) is 8.39. The Balaban J connectivity index is 1.44. The first kappa shape index (κ1) is 24.8. The second-order valence-corrected chi connectivity index (χ2v) is 9.78. The van der Waals surface area contributed by atoms with Gasteiger partial charge in [-0.05, 0) is 61.7 Å². The summed E-state index contributed by atoms with van der Waals surface area (Å²) in [6.45, 7) is 13.4. The first-order valence-electron chi connectivity index (χ1n) is 12.7. The second-order valence-electron chi connectivity index (χ2n) is 9.78. The van der Waals surface area contributed by atoms with Gasteiger partial charge in [-0.2, -0.15) is 0 Å². The molecule has 0 aromatic heterocycles. The summed E-state index contributed by atoms with van der Waals surface area (Å²) in [5.41, 5.74) is 10.6.